The van der Waals surface area contributed by atoms with Crippen LogP contribution < -0.4 is 10.6 Å². The first kappa shape index (κ1) is 19.4. The molecule has 0 unspecified atom stereocenters. The Labute approximate surface area is 131 Å². The summed E-state index contributed by atoms with van der Waals surface area (Å²) in [4.78, 5) is 22.8. The molecule has 0 bridgehead atoms. The first-order valence-corrected chi connectivity index (χ1v) is 6.84. The highest BCUT2D eigenvalue weighted by Gasteiger charge is 2.04. The van der Waals surface area contributed by atoms with Crippen molar-refractivity contribution in [2.45, 2.75) is 26.2 Å². The Balaban J connectivity index is 0.00000400. The van der Waals surface area contributed by atoms with Crippen molar-refractivity contribution in [2.24, 2.45) is 0 Å². The van der Waals surface area contributed by atoms with E-state index < -0.39 is 0 Å². The summed E-state index contributed by atoms with van der Waals surface area (Å²) in [6, 6.07) is 7.51. The number of hydrogen-bond acceptors (Lipinski definition) is 4. The van der Waals surface area contributed by atoms with E-state index in [-0.39, 0.29) is 24.3 Å². The van der Waals surface area contributed by atoms with Gasteiger partial charge >= 0.3 is 5.97 Å². The molecule has 1 aromatic carbocycles. The molecule has 1 rings (SSSR count). The molecule has 0 aliphatic heterocycles. The Hall–Kier alpha value is -1.59. The van der Waals surface area contributed by atoms with Crippen molar-refractivity contribution in [2.75, 3.05) is 25.5 Å². The summed E-state index contributed by atoms with van der Waals surface area (Å²) >= 11 is 0. The van der Waals surface area contributed by atoms with Crippen molar-refractivity contribution < 1.29 is 14.3 Å². The van der Waals surface area contributed by atoms with Gasteiger partial charge in [0.05, 0.1) is 6.61 Å². The van der Waals surface area contributed by atoms with Gasteiger partial charge in [-0.05, 0) is 38.1 Å². The van der Waals surface area contributed by atoms with Crippen LogP contribution in [-0.2, 0) is 20.7 Å². The molecule has 0 aromatic heterocycles. The van der Waals surface area contributed by atoms with Gasteiger partial charge in [-0.1, -0.05) is 12.1 Å². The maximum atomic E-state index is 11.5. The van der Waals surface area contributed by atoms with Crippen LogP contribution in [0.1, 0.15) is 25.3 Å². The third-order valence-electron chi connectivity index (χ3n) is 2.76. The van der Waals surface area contributed by atoms with E-state index in [1.165, 1.54) is 0 Å². The van der Waals surface area contributed by atoms with E-state index >= 15 is 0 Å². The van der Waals surface area contributed by atoms with Gasteiger partial charge in [0, 0.05) is 25.1 Å². The van der Waals surface area contributed by atoms with Crippen LogP contribution in [0.25, 0.3) is 0 Å². The number of benzene rings is 1. The van der Waals surface area contributed by atoms with Crippen LogP contribution in [0.4, 0.5) is 5.69 Å². The van der Waals surface area contributed by atoms with E-state index in [9.17, 15) is 9.59 Å². The lowest BCUT2D eigenvalue weighted by molar-refractivity contribution is -0.143. The van der Waals surface area contributed by atoms with Crippen molar-refractivity contribution in [3.8, 4) is 0 Å². The Bertz CT molecular complexity index is 435. The number of anilines is 1. The summed E-state index contributed by atoms with van der Waals surface area (Å²) in [6.07, 6.45) is 1.47. The number of carbonyl (C=O) groups excluding carboxylic acids is 2. The maximum absolute atomic E-state index is 11.5. The van der Waals surface area contributed by atoms with Crippen molar-refractivity contribution >= 4 is 30.0 Å². The molecule has 0 spiro atoms. The number of nitrogens with one attached hydrogen (secondary N) is 2. The largest absolute Gasteiger partial charge is 0.466 e. The number of halogens is 1. The van der Waals surface area contributed by atoms with E-state index in [2.05, 4.69) is 10.6 Å². The minimum Gasteiger partial charge on any atom is -0.466 e. The van der Waals surface area contributed by atoms with Crippen LogP contribution in [0.3, 0.4) is 0 Å². The fourth-order valence-electron chi connectivity index (χ4n) is 1.70. The lowest BCUT2D eigenvalue weighted by Gasteiger charge is -2.06. The van der Waals surface area contributed by atoms with Crippen LogP contribution >= 0.6 is 12.4 Å². The van der Waals surface area contributed by atoms with E-state index in [0.29, 0.717) is 32.4 Å². The molecule has 0 heterocycles. The Morgan fingerprint density at radius 3 is 2.38 bits per heavy atom. The minimum absolute atomic E-state index is 0. The molecule has 0 radical (unpaired) electrons. The van der Waals surface area contributed by atoms with Gasteiger partial charge in [-0.15, -0.1) is 12.4 Å². The smallest absolute Gasteiger partial charge is 0.306 e. The third kappa shape index (κ3) is 8.32. The molecule has 1 aromatic rings. The number of aryl methyl sites for hydroxylation is 1. The van der Waals surface area contributed by atoms with Gasteiger partial charge in [0.1, 0.15) is 0 Å². The molecule has 2 N–H and O–H groups in total. The number of rotatable bonds is 8. The summed E-state index contributed by atoms with van der Waals surface area (Å²) in [6.45, 7) is 2.86. The summed E-state index contributed by atoms with van der Waals surface area (Å²) in [5.74, 6) is -0.199. The number of esters is 1. The quantitative estimate of drug-likeness (QED) is 0.722. The van der Waals surface area contributed by atoms with Crippen LogP contribution in [0.5, 0.6) is 0 Å². The molecule has 21 heavy (non-hydrogen) atoms. The number of hydrogen-bond donors (Lipinski definition) is 2. The average molecular weight is 315 g/mol. The molecule has 6 heteroatoms. The molecular weight excluding hydrogens is 292 g/mol. The predicted molar refractivity (Wildman–Crippen MR) is 85.8 cm³/mol. The highest BCUT2D eigenvalue weighted by molar-refractivity contribution is 5.90. The van der Waals surface area contributed by atoms with Crippen molar-refractivity contribution in [3.63, 3.8) is 0 Å². The topological polar surface area (TPSA) is 67.4 Å². The zero-order chi connectivity index (χ0) is 14.8. The number of amides is 1. The molecule has 0 atom stereocenters. The highest BCUT2D eigenvalue weighted by Crippen LogP contribution is 2.11. The second-order valence-electron chi connectivity index (χ2n) is 4.40. The zero-order valence-corrected chi connectivity index (χ0v) is 13.3. The summed E-state index contributed by atoms with van der Waals surface area (Å²) in [5, 5.41) is 5.75. The van der Waals surface area contributed by atoms with Gasteiger partial charge in [-0.3, -0.25) is 9.59 Å². The molecule has 0 saturated heterocycles. The minimum atomic E-state index is -0.183. The summed E-state index contributed by atoms with van der Waals surface area (Å²) < 4.78 is 4.88. The average Bonchev–Trinajstić information content (AvgIpc) is 2.45. The van der Waals surface area contributed by atoms with Gasteiger partial charge < -0.3 is 15.4 Å². The molecular formula is C15H23ClN2O3. The maximum Gasteiger partial charge on any atom is 0.306 e. The third-order valence-corrected chi connectivity index (χ3v) is 2.76. The lowest BCUT2D eigenvalue weighted by Crippen LogP contribution is -2.18. The number of ether oxygens (including phenoxy) is 1. The number of carbonyl (C=O) groups is 2. The van der Waals surface area contributed by atoms with Crippen molar-refractivity contribution in [1.29, 1.82) is 0 Å². The van der Waals surface area contributed by atoms with Gasteiger partial charge in [-0.25, -0.2) is 0 Å². The SMILES string of the molecule is CCOC(=O)CCc1ccc(NC(=O)CCNC)cc1.Cl. The Morgan fingerprint density at radius 1 is 1.14 bits per heavy atom. The van der Waals surface area contributed by atoms with Gasteiger partial charge in [0.2, 0.25) is 5.91 Å². The molecule has 0 aliphatic rings. The van der Waals surface area contributed by atoms with Crippen molar-refractivity contribution in [3.05, 3.63) is 29.8 Å². The first-order valence-electron chi connectivity index (χ1n) is 6.84. The molecule has 118 valence electrons. The Morgan fingerprint density at radius 2 is 1.81 bits per heavy atom. The fourth-order valence-corrected chi connectivity index (χ4v) is 1.70. The zero-order valence-electron chi connectivity index (χ0n) is 12.5. The molecule has 0 fully saturated rings. The van der Waals surface area contributed by atoms with E-state index in [1.54, 1.807) is 6.92 Å². The summed E-state index contributed by atoms with van der Waals surface area (Å²) in [5.41, 5.74) is 1.82. The molecule has 5 nitrogen and oxygen atoms in total. The Kier molecular flexibility index (Phi) is 10.3. The van der Waals surface area contributed by atoms with E-state index in [0.717, 1.165) is 11.3 Å². The monoisotopic (exact) mass is 314 g/mol. The normalized spacial score (nSPS) is 9.62. The highest BCUT2D eigenvalue weighted by atomic mass is 35.5. The lowest BCUT2D eigenvalue weighted by atomic mass is 10.1. The van der Waals surface area contributed by atoms with Gasteiger partial charge in [0.15, 0.2) is 0 Å². The van der Waals surface area contributed by atoms with Crippen LogP contribution in [0.2, 0.25) is 0 Å². The van der Waals surface area contributed by atoms with Crippen LogP contribution in [-0.4, -0.2) is 32.1 Å². The molecule has 0 aliphatic carbocycles. The molecule has 0 saturated carbocycles. The van der Waals surface area contributed by atoms with Crippen molar-refractivity contribution in [1.82, 2.24) is 5.32 Å². The first-order chi connectivity index (χ1) is 9.65. The predicted octanol–water partition coefficient (Wildman–Crippen LogP) is 2.15. The van der Waals surface area contributed by atoms with Crippen LogP contribution in [0.15, 0.2) is 24.3 Å². The fraction of sp³-hybridized carbons (Fsp3) is 0.467. The van der Waals surface area contributed by atoms with Gasteiger partial charge in [-0.2, -0.15) is 0 Å². The standard InChI is InChI=1S/C15H22N2O3.ClH/c1-3-20-15(19)9-6-12-4-7-13(8-5-12)17-14(18)10-11-16-2;/h4-5,7-8,16H,3,6,9-11H2,1-2H3,(H,17,18);1H. The second-order valence-corrected chi connectivity index (χ2v) is 4.40. The van der Waals surface area contributed by atoms with E-state index in [4.69, 9.17) is 4.74 Å². The second kappa shape index (κ2) is 11.1. The van der Waals surface area contributed by atoms with Gasteiger partial charge in [0.25, 0.3) is 0 Å². The van der Waals surface area contributed by atoms with E-state index in [1.807, 2.05) is 31.3 Å². The summed E-state index contributed by atoms with van der Waals surface area (Å²) in [7, 11) is 1.81. The molecule has 1 amide bonds. The van der Waals surface area contributed by atoms with Crippen LogP contribution in [0, 0.1) is 0 Å².